The zero-order valence-electron chi connectivity index (χ0n) is 12.6. The Kier molecular flexibility index (Phi) is 5.08. The lowest BCUT2D eigenvalue weighted by Gasteiger charge is -2.52. The topological polar surface area (TPSA) is 29.5 Å². The maximum atomic E-state index is 11.7. The highest BCUT2D eigenvalue weighted by Crippen LogP contribution is 2.32. The molecule has 0 bridgehead atoms. The van der Waals surface area contributed by atoms with Crippen LogP contribution >= 0.6 is 0 Å². The number of ether oxygens (including phenoxy) is 1. The second-order valence-corrected chi connectivity index (χ2v) is 6.15. The molecule has 1 spiro atoms. The summed E-state index contributed by atoms with van der Waals surface area (Å²) in [6.07, 6.45) is 5.25. The monoisotopic (exact) mass is 269 g/mol. The minimum Gasteiger partial charge on any atom is -0.450 e. The average Bonchev–Trinajstić information content (AvgIpc) is 2.38. The molecule has 4 nitrogen and oxygen atoms in total. The molecular formula is C15H29N2O2+. The van der Waals surface area contributed by atoms with Gasteiger partial charge in [-0.15, -0.1) is 0 Å². The molecule has 0 aromatic heterocycles. The number of quaternary nitrogens is 1. The van der Waals surface area contributed by atoms with Gasteiger partial charge in [0, 0.05) is 13.1 Å². The first-order chi connectivity index (χ1) is 9.19. The van der Waals surface area contributed by atoms with Crippen LogP contribution in [0.1, 0.15) is 39.5 Å². The molecule has 4 heteroatoms. The van der Waals surface area contributed by atoms with E-state index in [0.29, 0.717) is 6.61 Å². The van der Waals surface area contributed by atoms with Gasteiger partial charge in [-0.1, -0.05) is 0 Å². The Morgan fingerprint density at radius 3 is 2.47 bits per heavy atom. The van der Waals surface area contributed by atoms with E-state index in [2.05, 4.69) is 0 Å². The Balaban J connectivity index is 1.67. The summed E-state index contributed by atoms with van der Waals surface area (Å²) in [6, 6.07) is 0. The molecule has 19 heavy (non-hydrogen) atoms. The van der Waals surface area contributed by atoms with Gasteiger partial charge >= 0.3 is 6.09 Å². The van der Waals surface area contributed by atoms with E-state index >= 15 is 0 Å². The Morgan fingerprint density at radius 2 is 1.89 bits per heavy atom. The van der Waals surface area contributed by atoms with E-state index in [1.54, 1.807) is 0 Å². The maximum Gasteiger partial charge on any atom is 0.409 e. The normalized spacial score (nSPS) is 22.0. The van der Waals surface area contributed by atoms with Gasteiger partial charge in [0.2, 0.25) is 0 Å². The summed E-state index contributed by atoms with van der Waals surface area (Å²) in [5.41, 5.74) is 0. The molecule has 0 saturated carbocycles. The number of rotatable bonds is 5. The SMILES string of the molecule is CCOC(=O)N(CC)CCC1C[N+]2(CCCCC2)C1. The van der Waals surface area contributed by atoms with E-state index < -0.39 is 0 Å². The molecule has 0 aromatic rings. The van der Waals surface area contributed by atoms with E-state index in [4.69, 9.17) is 4.74 Å². The molecule has 0 N–H and O–H groups in total. The molecule has 2 rings (SSSR count). The largest absolute Gasteiger partial charge is 0.450 e. The quantitative estimate of drug-likeness (QED) is 0.718. The van der Waals surface area contributed by atoms with Crippen LogP contribution in [-0.2, 0) is 4.74 Å². The number of nitrogens with zero attached hydrogens (tertiary/aromatic N) is 2. The van der Waals surface area contributed by atoms with E-state index in [1.165, 1.54) is 49.9 Å². The van der Waals surface area contributed by atoms with Crippen LogP contribution in [0.3, 0.4) is 0 Å². The number of hydrogen-bond donors (Lipinski definition) is 0. The zero-order valence-corrected chi connectivity index (χ0v) is 12.6. The van der Waals surface area contributed by atoms with Crippen molar-refractivity contribution in [3.05, 3.63) is 0 Å². The fraction of sp³-hybridized carbons (Fsp3) is 0.933. The van der Waals surface area contributed by atoms with Crippen molar-refractivity contribution in [2.24, 2.45) is 5.92 Å². The molecule has 0 atom stereocenters. The molecule has 0 aromatic carbocycles. The Morgan fingerprint density at radius 1 is 1.21 bits per heavy atom. The average molecular weight is 269 g/mol. The second-order valence-electron chi connectivity index (χ2n) is 6.15. The highest BCUT2D eigenvalue weighted by molar-refractivity contribution is 5.67. The van der Waals surface area contributed by atoms with Crippen LogP contribution in [0.5, 0.6) is 0 Å². The minimum atomic E-state index is -0.147. The van der Waals surface area contributed by atoms with Gasteiger partial charge in [0.15, 0.2) is 0 Å². The number of amides is 1. The Bertz CT molecular complexity index is 293. The minimum absolute atomic E-state index is 0.147. The van der Waals surface area contributed by atoms with Crippen LogP contribution in [0.15, 0.2) is 0 Å². The number of hydrogen-bond acceptors (Lipinski definition) is 2. The van der Waals surface area contributed by atoms with Crippen LogP contribution < -0.4 is 0 Å². The predicted molar refractivity (Wildman–Crippen MR) is 76.0 cm³/mol. The smallest absolute Gasteiger partial charge is 0.409 e. The van der Waals surface area contributed by atoms with Gasteiger partial charge in [0.25, 0.3) is 0 Å². The lowest BCUT2D eigenvalue weighted by molar-refractivity contribution is -0.977. The van der Waals surface area contributed by atoms with Gasteiger partial charge in [-0.25, -0.2) is 4.79 Å². The van der Waals surface area contributed by atoms with Crippen molar-refractivity contribution in [3.8, 4) is 0 Å². The van der Waals surface area contributed by atoms with Gasteiger partial charge in [0.1, 0.15) is 0 Å². The van der Waals surface area contributed by atoms with Crippen LogP contribution in [0, 0.1) is 5.92 Å². The molecular weight excluding hydrogens is 240 g/mol. The number of piperidine rings is 1. The molecule has 2 aliphatic heterocycles. The van der Waals surface area contributed by atoms with E-state index in [9.17, 15) is 4.79 Å². The van der Waals surface area contributed by atoms with Crippen molar-refractivity contribution in [2.45, 2.75) is 39.5 Å². The third-order valence-corrected chi connectivity index (χ3v) is 4.77. The Hall–Kier alpha value is -0.770. The summed E-state index contributed by atoms with van der Waals surface area (Å²) < 4.78 is 6.44. The van der Waals surface area contributed by atoms with Crippen molar-refractivity contribution in [3.63, 3.8) is 0 Å². The zero-order chi connectivity index (χ0) is 13.7. The van der Waals surface area contributed by atoms with Crippen molar-refractivity contribution < 1.29 is 14.0 Å². The van der Waals surface area contributed by atoms with Crippen LogP contribution in [-0.4, -0.2) is 61.4 Å². The highest BCUT2D eigenvalue weighted by atomic mass is 16.6. The third kappa shape index (κ3) is 3.62. The predicted octanol–water partition coefficient (Wildman–Crippen LogP) is 2.49. The van der Waals surface area contributed by atoms with Crippen molar-refractivity contribution in [1.82, 2.24) is 4.90 Å². The van der Waals surface area contributed by atoms with Crippen LogP contribution in [0.2, 0.25) is 0 Å². The lowest BCUT2D eigenvalue weighted by Crippen LogP contribution is -2.65. The molecule has 2 heterocycles. The van der Waals surface area contributed by atoms with Gasteiger partial charge < -0.3 is 14.1 Å². The molecule has 2 saturated heterocycles. The van der Waals surface area contributed by atoms with E-state index in [0.717, 1.165) is 25.4 Å². The van der Waals surface area contributed by atoms with E-state index in [1.807, 2.05) is 18.7 Å². The molecule has 0 radical (unpaired) electrons. The summed E-state index contributed by atoms with van der Waals surface area (Å²) in [5.74, 6) is 0.821. The first kappa shape index (κ1) is 14.6. The first-order valence-electron chi connectivity index (χ1n) is 7.96. The van der Waals surface area contributed by atoms with Gasteiger partial charge in [-0.2, -0.15) is 0 Å². The molecule has 0 unspecified atom stereocenters. The summed E-state index contributed by atoms with van der Waals surface area (Å²) >= 11 is 0. The Labute approximate surface area is 117 Å². The molecule has 2 fully saturated rings. The van der Waals surface area contributed by atoms with Crippen molar-refractivity contribution in [1.29, 1.82) is 0 Å². The fourth-order valence-corrected chi connectivity index (χ4v) is 3.70. The molecule has 110 valence electrons. The van der Waals surface area contributed by atoms with Gasteiger partial charge in [-0.05, 0) is 39.5 Å². The molecule has 1 amide bonds. The lowest BCUT2D eigenvalue weighted by atomic mass is 9.89. The third-order valence-electron chi connectivity index (χ3n) is 4.77. The fourth-order valence-electron chi connectivity index (χ4n) is 3.70. The second kappa shape index (κ2) is 6.60. The van der Waals surface area contributed by atoms with Crippen molar-refractivity contribution >= 4 is 6.09 Å². The van der Waals surface area contributed by atoms with Gasteiger partial charge in [0.05, 0.1) is 38.7 Å². The maximum absolute atomic E-state index is 11.7. The highest BCUT2D eigenvalue weighted by Gasteiger charge is 2.44. The standard InChI is InChI=1S/C15H29N2O2/c1-3-16(15(18)19-4-2)9-8-14-12-17(13-14)10-6-5-7-11-17/h14H,3-13H2,1-2H3/q+1. The first-order valence-corrected chi connectivity index (χ1v) is 7.96. The summed E-state index contributed by atoms with van der Waals surface area (Å²) in [7, 11) is 0. The van der Waals surface area contributed by atoms with Crippen LogP contribution in [0.25, 0.3) is 0 Å². The van der Waals surface area contributed by atoms with Crippen molar-refractivity contribution in [2.75, 3.05) is 45.9 Å². The summed E-state index contributed by atoms with van der Waals surface area (Å²) in [5, 5.41) is 0. The summed E-state index contributed by atoms with van der Waals surface area (Å²) in [6.45, 7) is 11.5. The number of carbonyl (C=O) groups excluding carboxylic acids is 1. The number of carbonyl (C=O) groups is 1. The summed E-state index contributed by atoms with van der Waals surface area (Å²) in [4.78, 5) is 13.5. The van der Waals surface area contributed by atoms with E-state index in [-0.39, 0.29) is 6.09 Å². The molecule has 2 aliphatic rings. The van der Waals surface area contributed by atoms with Crippen LogP contribution in [0.4, 0.5) is 4.79 Å². The molecule has 0 aliphatic carbocycles. The van der Waals surface area contributed by atoms with Gasteiger partial charge in [-0.3, -0.25) is 0 Å².